The first kappa shape index (κ1) is 21.6. The highest BCUT2D eigenvalue weighted by atomic mass is 32.2. The van der Waals surface area contributed by atoms with Crippen molar-refractivity contribution in [2.24, 2.45) is 34.5 Å². The van der Waals surface area contributed by atoms with Crippen molar-refractivity contribution >= 4 is 15.9 Å². The summed E-state index contributed by atoms with van der Waals surface area (Å²) < 4.78 is 31.4. The monoisotopic (exact) mass is 444 g/mol. The normalized spacial score (nSPS) is 42.5. The number of rotatable bonds is 3. The Morgan fingerprint density at radius 3 is 2.45 bits per heavy atom. The molecule has 0 bridgehead atoms. The zero-order valence-corrected chi connectivity index (χ0v) is 19.9. The molecule has 4 saturated carbocycles. The van der Waals surface area contributed by atoms with Crippen LogP contribution in [0.1, 0.15) is 77.2 Å². The highest BCUT2D eigenvalue weighted by molar-refractivity contribution is 7.86. The number of benzene rings is 1. The summed E-state index contributed by atoms with van der Waals surface area (Å²) in [6.45, 7) is 6.76. The number of hydrogen-bond donors (Lipinski definition) is 0. The lowest BCUT2D eigenvalue weighted by molar-refractivity contribution is -0.119. The Balaban J connectivity index is 1.30. The quantitative estimate of drug-likeness (QED) is 0.563. The Labute approximate surface area is 187 Å². The van der Waals surface area contributed by atoms with Gasteiger partial charge in [0.25, 0.3) is 10.1 Å². The average Bonchev–Trinajstić information content (AvgIpc) is 3.02. The first-order valence-electron chi connectivity index (χ1n) is 12.1. The number of carbonyl (C=O) groups excluding carboxylic acids is 1. The van der Waals surface area contributed by atoms with Gasteiger partial charge in [-0.1, -0.05) is 31.5 Å². The van der Waals surface area contributed by atoms with E-state index in [-0.39, 0.29) is 21.8 Å². The number of hydrogen-bond acceptors (Lipinski definition) is 4. The molecule has 5 rings (SSSR count). The maximum Gasteiger partial charge on any atom is 0.297 e. The molecule has 0 radical (unpaired) electrons. The molecule has 4 nitrogen and oxygen atoms in total. The molecule has 0 spiro atoms. The van der Waals surface area contributed by atoms with Crippen molar-refractivity contribution in [2.45, 2.75) is 89.6 Å². The fourth-order valence-corrected chi connectivity index (χ4v) is 9.14. The molecule has 4 aliphatic carbocycles. The Morgan fingerprint density at radius 1 is 0.968 bits per heavy atom. The second-order valence-corrected chi connectivity index (χ2v) is 13.1. The Hall–Kier alpha value is -1.20. The van der Waals surface area contributed by atoms with E-state index in [2.05, 4.69) is 13.8 Å². The number of carbonyl (C=O) groups is 1. The minimum Gasteiger partial charge on any atom is -0.300 e. The maximum absolute atomic E-state index is 12.8. The third kappa shape index (κ3) is 3.60. The lowest BCUT2D eigenvalue weighted by atomic mass is 9.45. The van der Waals surface area contributed by atoms with Gasteiger partial charge >= 0.3 is 0 Å². The zero-order valence-electron chi connectivity index (χ0n) is 19.1. The highest BCUT2D eigenvalue weighted by Crippen LogP contribution is 2.65. The third-order valence-corrected chi connectivity index (χ3v) is 11.1. The van der Waals surface area contributed by atoms with Gasteiger partial charge in [-0.2, -0.15) is 8.42 Å². The van der Waals surface area contributed by atoms with Gasteiger partial charge in [-0.25, -0.2) is 0 Å². The van der Waals surface area contributed by atoms with E-state index in [1.807, 2.05) is 19.1 Å². The summed E-state index contributed by atoms with van der Waals surface area (Å²) in [5.74, 6) is 2.89. The molecule has 0 unspecified atom stereocenters. The van der Waals surface area contributed by atoms with Crippen LogP contribution in [0.3, 0.4) is 0 Å². The van der Waals surface area contributed by atoms with Gasteiger partial charge < -0.3 is 0 Å². The molecule has 0 heterocycles. The molecule has 7 atom stereocenters. The Bertz CT molecular complexity index is 968. The summed E-state index contributed by atoms with van der Waals surface area (Å²) in [6.07, 6.45) is 8.77. The molecule has 0 aromatic heterocycles. The molecule has 0 aliphatic heterocycles. The summed E-state index contributed by atoms with van der Waals surface area (Å²) in [5, 5.41) is 0. The molecule has 4 aliphatic rings. The van der Waals surface area contributed by atoms with Gasteiger partial charge in [0.15, 0.2) is 0 Å². The molecule has 0 N–H and O–H groups in total. The number of aryl methyl sites for hydroxylation is 1. The summed E-state index contributed by atoms with van der Waals surface area (Å²) >= 11 is 0. The molecule has 0 saturated heterocycles. The van der Waals surface area contributed by atoms with Crippen LogP contribution in [-0.4, -0.2) is 20.3 Å². The number of ketones is 1. The summed E-state index contributed by atoms with van der Waals surface area (Å²) in [7, 11) is -3.72. The van der Waals surface area contributed by atoms with E-state index in [4.69, 9.17) is 4.18 Å². The van der Waals surface area contributed by atoms with E-state index in [9.17, 15) is 13.2 Å². The second-order valence-electron chi connectivity index (χ2n) is 11.5. The van der Waals surface area contributed by atoms with Crippen molar-refractivity contribution in [1.82, 2.24) is 0 Å². The SMILES string of the molecule is Cc1ccc(S(=O)(=O)O[C@@H]2CC[C@@]3(C)[C@@H](CC[C@H]4[C@@H]5CC(=O)C[C@@]5(C)CC[C@@H]43)C2)cc1. The van der Waals surface area contributed by atoms with E-state index in [1.54, 1.807) is 12.1 Å². The van der Waals surface area contributed by atoms with Crippen molar-refractivity contribution < 1.29 is 17.4 Å². The molecule has 4 fully saturated rings. The predicted octanol–water partition coefficient (Wildman–Crippen LogP) is 5.68. The van der Waals surface area contributed by atoms with Gasteiger partial charge in [0.1, 0.15) is 5.78 Å². The molecular formula is C26H36O4S. The fourth-order valence-electron chi connectivity index (χ4n) is 8.03. The Morgan fingerprint density at radius 2 is 1.71 bits per heavy atom. The van der Waals surface area contributed by atoms with Crippen LogP contribution in [0.2, 0.25) is 0 Å². The van der Waals surface area contributed by atoms with E-state index >= 15 is 0 Å². The van der Waals surface area contributed by atoms with Crippen LogP contribution in [-0.2, 0) is 19.1 Å². The molecule has 31 heavy (non-hydrogen) atoms. The lowest BCUT2D eigenvalue weighted by Crippen LogP contribution is -2.53. The van der Waals surface area contributed by atoms with Gasteiger partial charge in [0, 0.05) is 12.8 Å². The van der Waals surface area contributed by atoms with Crippen LogP contribution < -0.4 is 0 Å². The molecule has 1 aromatic rings. The predicted molar refractivity (Wildman–Crippen MR) is 120 cm³/mol. The maximum atomic E-state index is 12.8. The third-order valence-electron chi connectivity index (χ3n) is 9.76. The van der Waals surface area contributed by atoms with Crippen LogP contribution in [0, 0.1) is 41.4 Å². The van der Waals surface area contributed by atoms with Crippen LogP contribution in [0.15, 0.2) is 29.2 Å². The van der Waals surface area contributed by atoms with Gasteiger partial charge in [-0.3, -0.25) is 8.98 Å². The second kappa shape index (κ2) is 7.41. The van der Waals surface area contributed by atoms with Gasteiger partial charge in [-0.15, -0.1) is 0 Å². The molecule has 170 valence electrons. The molecule has 1 aromatic carbocycles. The molecule has 0 amide bonds. The van der Waals surface area contributed by atoms with Crippen molar-refractivity contribution in [2.75, 3.05) is 0 Å². The van der Waals surface area contributed by atoms with Crippen molar-refractivity contribution in [3.05, 3.63) is 29.8 Å². The van der Waals surface area contributed by atoms with Gasteiger partial charge in [0.05, 0.1) is 11.0 Å². The molecule has 5 heteroatoms. The minimum atomic E-state index is -3.72. The Kier molecular flexibility index (Phi) is 5.17. The van der Waals surface area contributed by atoms with Crippen LogP contribution in [0.5, 0.6) is 0 Å². The largest absolute Gasteiger partial charge is 0.300 e. The average molecular weight is 445 g/mol. The highest BCUT2D eigenvalue weighted by Gasteiger charge is 2.59. The number of fused-ring (bicyclic) bond motifs is 5. The van der Waals surface area contributed by atoms with Crippen LogP contribution in [0.4, 0.5) is 0 Å². The lowest BCUT2D eigenvalue weighted by Gasteiger charge is -2.60. The minimum absolute atomic E-state index is 0.220. The van der Waals surface area contributed by atoms with Crippen molar-refractivity contribution in [3.63, 3.8) is 0 Å². The first-order chi connectivity index (χ1) is 14.6. The zero-order chi connectivity index (χ0) is 22.0. The smallest absolute Gasteiger partial charge is 0.297 e. The summed E-state index contributed by atoms with van der Waals surface area (Å²) in [4.78, 5) is 12.5. The fraction of sp³-hybridized carbons (Fsp3) is 0.731. The van der Waals surface area contributed by atoms with E-state index in [0.717, 1.165) is 44.1 Å². The van der Waals surface area contributed by atoms with E-state index < -0.39 is 10.1 Å². The number of Topliss-reactive ketones (excluding diaryl/α,β-unsaturated/α-hetero) is 1. The standard InChI is InChI=1S/C26H36O4S/c1-17-4-7-21(8-5-17)31(28,29)30-20-10-13-26(3)18(14-20)6-9-22-23(26)11-12-25(2)16-19(27)15-24(22)25/h4-5,7-8,18,20,22-24H,6,9-16H2,1-3H3/t18-,20+,22+,23-,24-,25+,26-/m0/s1. The van der Waals surface area contributed by atoms with Crippen LogP contribution in [0.25, 0.3) is 0 Å². The van der Waals surface area contributed by atoms with Crippen LogP contribution >= 0.6 is 0 Å². The summed E-state index contributed by atoms with van der Waals surface area (Å²) in [5.41, 5.74) is 1.52. The van der Waals surface area contributed by atoms with E-state index in [1.165, 1.54) is 19.3 Å². The van der Waals surface area contributed by atoms with Gasteiger partial charge in [0.2, 0.25) is 0 Å². The first-order valence-corrected chi connectivity index (χ1v) is 13.5. The topological polar surface area (TPSA) is 60.4 Å². The summed E-state index contributed by atoms with van der Waals surface area (Å²) in [6, 6.07) is 6.93. The van der Waals surface area contributed by atoms with E-state index in [0.29, 0.717) is 29.5 Å². The van der Waals surface area contributed by atoms with Gasteiger partial charge in [-0.05, 0) is 98.5 Å². The van der Waals surface area contributed by atoms with Crippen molar-refractivity contribution in [3.8, 4) is 0 Å². The molecular weight excluding hydrogens is 408 g/mol. The van der Waals surface area contributed by atoms with Crippen molar-refractivity contribution in [1.29, 1.82) is 0 Å².